The molecule has 0 bridgehead atoms. The van der Waals surface area contributed by atoms with Crippen molar-refractivity contribution in [2.75, 3.05) is 33.5 Å². The van der Waals surface area contributed by atoms with Crippen LogP contribution >= 0.6 is 11.8 Å². The maximum atomic E-state index is 13.0. The van der Waals surface area contributed by atoms with E-state index in [9.17, 15) is 9.59 Å². The lowest BCUT2D eigenvalue weighted by Gasteiger charge is -2.17. The van der Waals surface area contributed by atoms with Crippen molar-refractivity contribution in [3.63, 3.8) is 0 Å². The first-order valence-electron chi connectivity index (χ1n) is 13.2. The number of nitrogens with zero attached hydrogens (tertiary/aromatic N) is 1. The van der Waals surface area contributed by atoms with Crippen LogP contribution in [0.5, 0.6) is 23.0 Å². The molecule has 1 saturated heterocycles. The molecule has 1 aliphatic rings. The van der Waals surface area contributed by atoms with Gasteiger partial charge >= 0.3 is 0 Å². The molecule has 1 heterocycles. The van der Waals surface area contributed by atoms with Crippen molar-refractivity contribution in [2.45, 2.75) is 33.6 Å². The molecule has 0 aromatic heterocycles. The zero-order valence-electron chi connectivity index (χ0n) is 23.6. The zero-order valence-corrected chi connectivity index (χ0v) is 24.4. The summed E-state index contributed by atoms with van der Waals surface area (Å²) in [4.78, 5) is 27.2. The van der Waals surface area contributed by atoms with Gasteiger partial charge in [0.05, 0.1) is 18.6 Å². The van der Waals surface area contributed by atoms with Crippen molar-refractivity contribution >= 4 is 29.0 Å². The second kappa shape index (κ2) is 13.4. The Bertz CT molecular complexity index is 1380. The molecule has 210 valence electrons. The van der Waals surface area contributed by atoms with Gasteiger partial charge in [-0.15, -0.1) is 0 Å². The summed E-state index contributed by atoms with van der Waals surface area (Å²) < 4.78 is 23.0. The van der Waals surface area contributed by atoms with Crippen LogP contribution in [0.25, 0.3) is 6.08 Å². The third-order valence-electron chi connectivity index (χ3n) is 6.35. The summed E-state index contributed by atoms with van der Waals surface area (Å²) in [7, 11) is 1.56. The molecule has 0 atom stereocenters. The summed E-state index contributed by atoms with van der Waals surface area (Å²) in [5, 5.41) is -0.311. The van der Waals surface area contributed by atoms with Crippen LogP contribution in [0.15, 0.2) is 65.6 Å². The Morgan fingerprint density at radius 1 is 0.800 bits per heavy atom. The number of carbonyl (C=O) groups excluding carboxylic acids is 2. The summed E-state index contributed by atoms with van der Waals surface area (Å²) in [5.74, 6) is 2.63. The van der Waals surface area contributed by atoms with Crippen LogP contribution in [0, 0.1) is 13.8 Å². The number of aryl methyl sites for hydroxylation is 2. The van der Waals surface area contributed by atoms with Gasteiger partial charge in [0.25, 0.3) is 11.1 Å². The van der Waals surface area contributed by atoms with E-state index >= 15 is 0 Å². The third-order valence-corrected chi connectivity index (χ3v) is 7.26. The number of ether oxygens (including phenoxy) is 4. The number of methoxy groups -OCH3 is 1. The summed E-state index contributed by atoms with van der Waals surface area (Å²) in [6, 6.07) is 19.3. The fourth-order valence-corrected chi connectivity index (χ4v) is 5.04. The minimum atomic E-state index is -0.334. The summed E-state index contributed by atoms with van der Waals surface area (Å²) in [6.45, 7) is 9.36. The molecule has 1 fully saturated rings. The lowest BCUT2D eigenvalue weighted by Crippen LogP contribution is -2.32. The Labute approximate surface area is 240 Å². The molecule has 0 radical (unpaired) electrons. The highest BCUT2D eigenvalue weighted by Crippen LogP contribution is 2.35. The highest BCUT2D eigenvalue weighted by atomic mass is 32.2. The van der Waals surface area contributed by atoms with E-state index in [-0.39, 0.29) is 24.3 Å². The molecule has 0 aliphatic carbocycles. The lowest BCUT2D eigenvalue weighted by atomic mass is 10.0. The number of rotatable bonds is 12. The van der Waals surface area contributed by atoms with Crippen LogP contribution in [0.3, 0.4) is 0 Å². The van der Waals surface area contributed by atoms with Crippen molar-refractivity contribution in [2.24, 2.45) is 0 Å². The molecular weight excluding hydrogens is 526 g/mol. The number of amides is 2. The molecule has 4 rings (SSSR count). The predicted octanol–water partition coefficient (Wildman–Crippen LogP) is 7.01. The van der Waals surface area contributed by atoms with Gasteiger partial charge in [0.2, 0.25) is 0 Å². The standard InChI is InChI=1S/C32H35NO6S/c1-21(2)26-12-8-23(4)18-28(26)38-15-14-33-31(34)30(40-32(33)35)20-24-9-13-27(29(19-24)36-5)39-17-16-37-25-10-6-22(3)7-11-25/h6-13,18-21H,14-17H2,1-5H3/b30-20-. The number of hydrogen-bond donors (Lipinski definition) is 0. The topological polar surface area (TPSA) is 74.3 Å². The van der Waals surface area contributed by atoms with Crippen LogP contribution in [-0.4, -0.2) is 49.5 Å². The van der Waals surface area contributed by atoms with Gasteiger partial charge in [-0.2, -0.15) is 0 Å². The van der Waals surface area contributed by atoms with Gasteiger partial charge in [-0.3, -0.25) is 14.5 Å². The molecule has 0 N–H and O–H groups in total. The molecule has 0 spiro atoms. The van der Waals surface area contributed by atoms with Gasteiger partial charge in [-0.1, -0.05) is 49.7 Å². The minimum Gasteiger partial charge on any atom is -0.493 e. The summed E-state index contributed by atoms with van der Waals surface area (Å²) in [6.07, 6.45) is 1.69. The predicted molar refractivity (Wildman–Crippen MR) is 159 cm³/mol. The summed E-state index contributed by atoms with van der Waals surface area (Å²) >= 11 is 0.921. The molecule has 0 saturated carbocycles. The van der Waals surface area contributed by atoms with E-state index < -0.39 is 0 Å². The normalized spacial score (nSPS) is 14.2. The third kappa shape index (κ3) is 7.39. The number of imide groups is 1. The molecule has 40 heavy (non-hydrogen) atoms. The highest BCUT2D eigenvalue weighted by molar-refractivity contribution is 8.18. The summed E-state index contributed by atoms with van der Waals surface area (Å²) in [5.41, 5.74) is 4.09. The number of carbonyl (C=O) groups is 2. The van der Waals surface area contributed by atoms with Crippen LogP contribution in [0.4, 0.5) is 4.79 Å². The van der Waals surface area contributed by atoms with E-state index in [1.54, 1.807) is 25.3 Å². The van der Waals surface area contributed by atoms with Crippen molar-refractivity contribution in [3.8, 4) is 23.0 Å². The van der Waals surface area contributed by atoms with Crippen molar-refractivity contribution in [1.29, 1.82) is 0 Å². The average molecular weight is 562 g/mol. The SMILES string of the molecule is COc1cc(/C=C2\SC(=O)N(CCOc3cc(C)ccc3C(C)C)C2=O)ccc1OCCOc1ccc(C)cc1. The zero-order chi connectivity index (χ0) is 28.6. The molecule has 2 amide bonds. The fraction of sp³-hybridized carbons (Fsp3) is 0.312. The van der Waals surface area contributed by atoms with E-state index in [2.05, 4.69) is 26.0 Å². The number of benzene rings is 3. The number of thioether (sulfide) groups is 1. The minimum absolute atomic E-state index is 0.175. The van der Waals surface area contributed by atoms with E-state index in [4.69, 9.17) is 18.9 Å². The van der Waals surface area contributed by atoms with Crippen molar-refractivity contribution in [3.05, 3.63) is 87.8 Å². The maximum Gasteiger partial charge on any atom is 0.293 e. The Kier molecular flexibility index (Phi) is 9.77. The van der Waals surface area contributed by atoms with Crippen LogP contribution in [0.1, 0.15) is 42.0 Å². The van der Waals surface area contributed by atoms with Gasteiger partial charge < -0.3 is 18.9 Å². The monoisotopic (exact) mass is 561 g/mol. The van der Waals surface area contributed by atoms with Gasteiger partial charge in [0, 0.05) is 0 Å². The quantitative estimate of drug-likeness (QED) is 0.174. The second-order valence-electron chi connectivity index (χ2n) is 9.80. The first kappa shape index (κ1) is 29.1. The average Bonchev–Trinajstić information content (AvgIpc) is 3.19. The fourth-order valence-electron chi connectivity index (χ4n) is 4.17. The first-order valence-corrected chi connectivity index (χ1v) is 14.1. The maximum absolute atomic E-state index is 13.0. The first-order chi connectivity index (χ1) is 19.2. The van der Waals surface area contributed by atoms with Crippen molar-refractivity contribution in [1.82, 2.24) is 4.90 Å². The van der Waals surface area contributed by atoms with Crippen LogP contribution in [-0.2, 0) is 4.79 Å². The lowest BCUT2D eigenvalue weighted by molar-refractivity contribution is -0.123. The van der Waals surface area contributed by atoms with E-state index in [0.717, 1.165) is 40.0 Å². The van der Waals surface area contributed by atoms with Crippen molar-refractivity contribution < 1.29 is 28.5 Å². The molecule has 3 aromatic rings. The Morgan fingerprint density at radius 3 is 2.23 bits per heavy atom. The van der Waals surface area contributed by atoms with E-state index in [1.807, 2.05) is 50.2 Å². The molecule has 1 aliphatic heterocycles. The molecule has 0 unspecified atom stereocenters. The molecular formula is C32H35NO6S. The molecule has 8 heteroatoms. The largest absolute Gasteiger partial charge is 0.493 e. The smallest absolute Gasteiger partial charge is 0.293 e. The Morgan fingerprint density at radius 2 is 1.50 bits per heavy atom. The van der Waals surface area contributed by atoms with Gasteiger partial charge in [0.1, 0.15) is 31.3 Å². The molecule has 3 aromatic carbocycles. The van der Waals surface area contributed by atoms with E-state index in [0.29, 0.717) is 35.5 Å². The van der Waals surface area contributed by atoms with Gasteiger partial charge in [-0.05, 0) is 84.6 Å². The second-order valence-corrected chi connectivity index (χ2v) is 10.8. The Hall–Kier alpha value is -3.91. The molecule has 7 nitrogen and oxygen atoms in total. The van der Waals surface area contributed by atoms with Gasteiger partial charge in [-0.25, -0.2) is 0 Å². The van der Waals surface area contributed by atoms with E-state index in [1.165, 1.54) is 10.5 Å². The number of hydrogen-bond acceptors (Lipinski definition) is 7. The van der Waals surface area contributed by atoms with Crippen LogP contribution < -0.4 is 18.9 Å². The Balaban J connectivity index is 1.34. The highest BCUT2D eigenvalue weighted by Gasteiger charge is 2.35. The van der Waals surface area contributed by atoms with Crippen LogP contribution in [0.2, 0.25) is 0 Å². The van der Waals surface area contributed by atoms with Gasteiger partial charge in [0.15, 0.2) is 11.5 Å².